The van der Waals surface area contributed by atoms with E-state index in [2.05, 4.69) is 5.32 Å². The largest absolute Gasteiger partial charge is 0.445 e. The highest BCUT2D eigenvalue weighted by molar-refractivity contribution is 5.78. The van der Waals surface area contributed by atoms with Crippen molar-refractivity contribution >= 4 is 12.0 Å². The van der Waals surface area contributed by atoms with E-state index < -0.39 is 12.1 Å². The van der Waals surface area contributed by atoms with Gasteiger partial charge in [0.1, 0.15) is 6.61 Å². The second kappa shape index (κ2) is 11.5. The van der Waals surface area contributed by atoms with Crippen LogP contribution < -0.4 is 5.32 Å². The molecule has 2 N–H and O–H groups in total. The van der Waals surface area contributed by atoms with Crippen molar-refractivity contribution in [3.63, 3.8) is 0 Å². The van der Waals surface area contributed by atoms with Crippen molar-refractivity contribution < 1.29 is 19.4 Å². The van der Waals surface area contributed by atoms with Crippen molar-refractivity contribution in [2.24, 2.45) is 0 Å². The molecule has 0 aromatic heterocycles. The maximum absolute atomic E-state index is 12.3. The minimum atomic E-state index is -0.642. The molecule has 0 aliphatic carbocycles. The molecule has 0 saturated heterocycles. The Morgan fingerprint density at radius 2 is 1.79 bits per heavy atom. The predicted molar refractivity (Wildman–Crippen MR) is 92.4 cm³/mol. The van der Waals surface area contributed by atoms with Crippen LogP contribution in [0.15, 0.2) is 30.3 Å². The van der Waals surface area contributed by atoms with Crippen LogP contribution in [-0.4, -0.2) is 47.7 Å². The Balaban J connectivity index is 2.44. The van der Waals surface area contributed by atoms with Gasteiger partial charge in [0.15, 0.2) is 0 Å². The van der Waals surface area contributed by atoms with Gasteiger partial charge in [0.2, 0.25) is 5.91 Å². The van der Waals surface area contributed by atoms with Crippen LogP contribution in [0.2, 0.25) is 0 Å². The van der Waals surface area contributed by atoms with Gasteiger partial charge in [-0.25, -0.2) is 4.79 Å². The molecule has 134 valence electrons. The predicted octanol–water partition coefficient (Wildman–Crippen LogP) is 2.31. The molecule has 0 aliphatic rings. The third kappa shape index (κ3) is 7.46. The van der Waals surface area contributed by atoms with Crippen LogP contribution in [-0.2, 0) is 16.1 Å². The average molecular weight is 336 g/mol. The number of carbonyl (C=O) groups is 2. The first-order chi connectivity index (χ1) is 11.6. The standard InChI is InChI=1S/C18H28N2O4/c1-3-10-20(11-4-2)17(22)12-16(13-21)19-18(23)24-14-15-8-6-5-7-9-15/h5-9,16,21H,3-4,10-14H2,1-2H3,(H,19,23)/t16-/m1/s1. The molecule has 0 radical (unpaired) electrons. The van der Waals surface area contributed by atoms with Gasteiger partial charge in [-0.15, -0.1) is 0 Å². The molecule has 0 saturated carbocycles. The molecule has 0 spiro atoms. The van der Waals surface area contributed by atoms with E-state index in [-0.39, 0.29) is 25.5 Å². The number of nitrogens with one attached hydrogen (secondary N) is 1. The van der Waals surface area contributed by atoms with E-state index in [1.54, 1.807) is 4.90 Å². The van der Waals surface area contributed by atoms with Crippen molar-refractivity contribution in [1.29, 1.82) is 0 Å². The topological polar surface area (TPSA) is 78.9 Å². The van der Waals surface area contributed by atoms with Crippen molar-refractivity contribution in [3.8, 4) is 0 Å². The average Bonchev–Trinajstić information content (AvgIpc) is 2.60. The summed E-state index contributed by atoms with van der Waals surface area (Å²) in [7, 11) is 0. The zero-order chi connectivity index (χ0) is 17.8. The molecule has 0 unspecified atom stereocenters. The lowest BCUT2D eigenvalue weighted by Gasteiger charge is -2.24. The number of carbonyl (C=O) groups excluding carboxylic acids is 2. The van der Waals surface area contributed by atoms with Crippen LogP contribution in [0.5, 0.6) is 0 Å². The van der Waals surface area contributed by atoms with E-state index >= 15 is 0 Å². The quantitative estimate of drug-likeness (QED) is 0.687. The number of aliphatic hydroxyl groups is 1. The van der Waals surface area contributed by atoms with Crippen LogP contribution in [0.1, 0.15) is 38.7 Å². The van der Waals surface area contributed by atoms with Gasteiger partial charge in [-0.3, -0.25) is 4.79 Å². The number of rotatable bonds is 10. The maximum atomic E-state index is 12.3. The number of ether oxygens (including phenoxy) is 1. The molecule has 2 amide bonds. The first kappa shape index (κ1) is 20.0. The second-order valence-electron chi connectivity index (χ2n) is 5.67. The Morgan fingerprint density at radius 3 is 2.33 bits per heavy atom. The van der Waals surface area contributed by atoms with Crippen molar-refractivity contribution in [1.82, 2.24) is 10.2 Å². The molecule has 0 bridgehead atoms. The lowest BCUT2D eigenvalue weighted by molar-refractivity contribution is -0.132. The second-order valence-corrected chi connectivity index (χ2v) is 5.67. The number of alkyl carbamates (subject to hydrolysis) is 1. The van der Waals surface area contributed by atoms with E-state index in [0.29, 0.717) is 13.1 Å². The normalized spacial score (nSPS) is 11.6. The van der Waals surface area contributed by atoms with Crippen molar-refractivity contribution in [2.75, 3.05) is 19.7 Å². The van der Waals surface area contributed by atoms with Crippen molar-refractivity contribution in [3.05, 3.63) is 35.9 Å². The van der Waals surface area contributed by atoms with Gasteiger partial charge in [-0.1, -0.05) is 44.2 Å². The highest BCUT2D eigenvalue weighted by Gasteiger charge is 2.20. The van der Waals surface area contributed by atoms with Gasteiger partial charge < -0.3 is 20.1 Å². The van der Waals surface area contributed by atoms with E-state index in [0.717, 1.165) is 18.4 Å². The molecule has 1 rings (SSSR count). The molecular formula is C18H28N2O4. The molecule has 0 heterocycles. The first-order valence-electron chi connectivity index (χ1n) is 8.46. The van der Waals surface area contributed by atoms with Gasteiger partial charge in [0.05, 0.1) is 12.6 Å². The smallest absolute Gasteiger partial charge is 0.407 e. The van der Waals surface area contributed by atoms with E-state index in [9.17, 15) is 14.7 Å². The first-order valence-corrected chi connectivity index (χ1v) is 8.46. The molecule has 0 aliphatic heterocycles. The van der Waals surface area contributed by atoms with Gasteiger partial charge in [-0.05, 0) is 18.4 Å². The van der Waals surface area contributed by atoms with Crippen LogP contribution in [0, 0.1) is 0 Å². The zero-order valence-corrected chi connectivity index (χ0v) is 14.5. The minimum Gasteiger partial charge on any atom is -0.445 e. The molecule has 24 heavy (non-hydrogen) atoms. The molecular weight excluding hydrogens is 308 g/mol. The SMILES string of the molecule is CCCN(CCC)C(=O)C[C@H](CO)NC(=O)OCc1ccccc1. The summed E-state index contributed by atoms with van der Waals surface area (Å²) < 4.78 is 5.11. The summed E-state index contributed by atoms with van der Waals surface area (Å²) in [6.07, 6.45) is 1.18. The maximum Gasteiger partial charge on any atom is 0.407 e. The highest BCUT2D eigenvalue weighted by atomic mass is 16.5. The molecule has 6 heteroatoms. The van der Waals surface area contributed by atoms with Crippen LogP contribution in [0.3, 0.4) is 0 Å². The summed E-state index contributed by atoms with van der Waals surface area (Å²) in [5.41, 5.74) is 0.876. The van der Waals surface area contributed by atoms with Crippen LogP contribution in [0.25, 0.3) is 0 Å². The number of nitrogens with zero attached hydrogens (tertiary/aromatic N) is 1. The van der Waals surface area contributed by atoms with Crippen molar-refractivity contribution in [2.45, 2.75) is 45.8 Å². The van der Waals surface area contributed by atoms with E-state index in [1.165, 1.54) is 0 Å². The number of aliphatic hydroxyl groups excluding tert-OH is 1. The minimum absolute atomic E-state index is 0.0664. The fourth-order valence-corrected chi connectivity index (χ4v) is 2.33. The van der Waals surface area contributed by atoms with E-state index in [1.807, 2.05) is 44.2 Å². The Bertz CT molecular complexity index is 487. The number of amides is 2. The summed E-state index contributed by atoms with van der Waals surface area (Å²) in [5, 5.41) is 12.0. The summed E-state index contributed by atoms with van der Waals surface area (Å²) in [6, 6.07) is 8.68. The fourth-order valence-electron chi connectivity index (χ4n) is 2.33. The Labute approximate surface area is 143 Å². The zero-order valence-electron chi connectivity index (χ0n) is 14.5. The van der Waals surface area contributed by atoms with E-state index in [4.69, 9.17) is 4.74 Å². The number of benzene rings is 1. The highest BCUT2D eigenvalue weighted by Crippen LogP contribution is 2.04. The Kier molecular flexibility index (Phi) is 9.53. The monoisotopic (exact) mass is 336 g/mol. The summed E-state index contributed by atoms with van der Waals surface area (Å²) in [5.74, 6) is -0.0684. The number of hydrogen-bond donors (Lipinski definition) is 2. The molecule has 1 aromatic rings. The third-order valence-corrected chi connectivity index (χ3v) is 3.52. The summed E-state index contributed by atoms with van der Waals surface area (Å²) >= 11 is 0. The summed E-state index contributed by atoms with van der Waals surface area (Å²) in [6.45, 7) is 5.23. The van der Waals surface area contributed by atoms with Gasteiger partial charge in [0.25, 0.3) is 0 Å². The van der Waals surface area contributed by atoms with Gasteiger partial charge >= 0.3 is 6.09 Å². The van der Waals surface area contributed by atoms with Crippen LogP contribution in [0.4, 0.5) is 4.79 Å². The fraction of sp³-hybridized carbons (Fsp3) is 0.556. The molecule has 1 aromatic carbocycles. The molecule has 1 atom stereocenters. The summed E-state index contributed by atoms with van der Waals surface area (Å²) in [4.78, 5) is 25.9. The number of hydrogen-bond acceptors (Lipinski definition) is 4. The Morgan fingerprint density at radius 1 is 1.17 bits per heavy atom. The van der Waals surface area contributed by atoms with Gasteiger partial charge in [0, 0.05) is 19.5 Å². The van der Waals surface area contributed by atoms with Gasteiger partial charge in [-0.2, -0.15) is 0 Å². The molecule has 0 fully saturated rings. The lowest BCUT2D eigenvalue weighted by atomic mass is 10.2. The Hall–Kier alpha value is -2.08. The third-order valence-electron chi connectivity index (χ3n) is 3.52. The lowest BCUT2D eigenvalue weighted by Crippen LogP contribution is -2.43. The van der Waals surface area contributed by atoms with Crippen LogP contribution >= 0.6 is 0 Å². The molecule has 6 nitrogen and oxygen atoms in total.